The fourth-order valence-corrected chi connectivity index (χ4v) is 2.80. The Morgan fingerprint density at radius 3 is 2.81 bits per heavy atom. The molecule has 1 heterocycles. The quantitative estimate of drug-likeness (QED) is 0.902. The number of fused-ring (bicyclic) bond motifs is 1. The highest BCUT2D eigenvalue weighted by atomic mass is 16.1. The van der Waals surface area contributed by atoms with Crippen molar-refractivity contribution in [1.82, 2.24) is 10.3 Å². The van der Waals surface area contributed by atoms with E-state index in [1.807, 2.05) is 0 Å². The van der Waals surface area contributed by atoms with Crippen molar-refractivity contribution in [2.75, 3.05) is 5.73 Å². The van der Waals surface area contributed by atoms with Gasteiger partial charge in [0.25, 0.3) is 0 Å². The molecule has 0 spiro atoms. The van der Waals surface area contributed by atoms with Gasteiger partial charge in [-0.2, -0.15) is 0 Å². The van der Waals surface area contributed by atoms with Crippen LogP contribution >= 0.6 is 0 Å². The van der Waals surface area contributed by atoms with Crippen LogP contribution in [0.5, 0.6) is 0 Å². The molecular formula is C17H19N3O. The SMILES string of the molecule is Nc1ccc(CC(=O)NC2CCc3ccccc3C2)nc1. The maximum atomic E-state index is 12.1. The highest BCUT2D eigenvalue weighted by molar-refractivity contribution is 5.78. The molecule has 4 heteroatoms. The molecule has 0 saturated carbocycles. The summed E-state index contributed by atoms with van der Waals surface area (Å²) in [5.74, 6) is 0.0247. The first-order chi connectivity index (χ1) is 10.2. The van der Waals surface area contributed by atoms with Gasteiger partial charge in [0.2, 0.25) is 5.91 Å². The highest BCUT2D eigenvalue weighted by Gasteiger charge is 2.19. The molecule has 0 aliphatic heterocycles. The molecule has 108 valence electrons. The van der Waals surface area contributed by atoms with Crippen molar-refractivity contribution in [2.45, 2.75) is 31.7 Å². The third-order valence-electron chi connectivity index (χ3n) is 3.90. The lowest BCUT2D eigenvalue weighted by Gasteiger charge is -2.25. The van der Waals surface area contributed by atoms with Crippen LogP contribution in [0.25, 0.3) is 0 Å². The van der Waals surface area contributed by atoms with Gasteiger partial charge >= 0.3 is 0 Å². The topological polar surface area (TPSA) is 68.0 Å². The minimum absolute atomic E-state index is 0.0247. The zero-order valence-corrected chi connectivity index (χ0v) is 11.9. The number of carbonyl (C=O) groups is 1. The zero-order valence-electron chi connectivity index (χ0n) is 11.9. The average molecular weight is 281 g/mol. The molecule has 4 nitrogen and oxygen atoms in total. The molecule has 1 unspecified atom stereocenters. The van der Waals surface area contributed by atoms with Crippen molar-refractivity contribution in [3.63, 3.8) is 0 Å². The molecule has 1 aliphatic carbocycles. The van der Waals surface area contributed by atoms with Crippen LogP contribution in [0.15, 0.2) is 42.6 Å². The average Bonchev–Trinajstić information content (AvgIpc) is 2.49. The van der Waals surface area contributed by atoms with Gasteiger partial charge in [-0.1, -0.05) is 24.3 Å². The number of hydrogen-bond donors (Lipinski definition) is 2. The van der Waals surface area contributed by atoms with Crippen LogP contribution in [0.2, 0.25) is 0 Å². The lowest BCUT2D eigenvalue weighted by atomic mass is 9.88. The number of amides is 1. The third kappa shape index (κ3) is 3.40. The third-order valence-corrected chi connectivity index (χ3v) is 3.90. The Bertz CT molecular complexity index is 637. The van der Waals surface area contributed by atoms with E-state index in [2.05, 4.69) is 34.6 Å². The number of pyridine rings is 1. The van der Waals surface area contributed by atoms with Crippen molar-refractivity contribution < 1.29 is 4.79 Å². The second kappa shape index (κ2) is 5.95. The molecule has 0 radical (unpaired) electrons. The van der Waals surface area contributed by atoms with Crippen LogP contribution in [0.4, 0.5) is 5.69 Å². The largest absolute Gasteiger partial charge is 0.397 e. The van der Waals surface area contributed by atoms with E-state index in [-0.39, 0.29) is 11.9 Å². The molecule has 3 N–H and O–H groups in total. The van der Waals surface area contributed by atoms with Crippen LogP contribution in [0.3, 0.4) is 0 Å². The van der Waals surface area contributed by atoms with Crippen molar-refractivity contribution in [3.05, 3.63) is 59.4 Å². The van der Waals surface area contributed by atoms with Crippen molar-refractivity contribution in [3.8, 4) is 0 Å². The van der Waals surface area contributed by atoms with Gasteiger partial charge in [0.1, 0.15) is 0 Å². The number of nitrogens with two attached hydrogens (primary N) is 1. The van der Waals surface area contributed by atoms with E-state index >= 15 is 0 Å². The van der Waals surface area contributed by atoms with E-state index < -0.39 is 0 Å². The van der Waals surface area contributed by atoms with E-state index in [1.54, 1.807) is 18.3 Å². The predicted molar refractivity (Wildman–Crippen MR) is 82.8 cm³/mol. The summed E-state index contributed by atoms with van der Waals surface area (Å²) < 4.78 is 0. The number of carbonyl (C=O) groups excluding carboxylic acids is 1. The summed E-state index contributed by atoms with van der Waals surface area (Å²) in [6.07, 6.45) is 4.83. The predicted octanol–water partition coefficient (Wildman–Crippen LogP) is 1.88. The smallest absolute Gasteiger partial charge is 0.226 e. The van der Waals surface area contributed by atoms with Crippen LogP contribution in [0.1, 0.15) is 23.2 Å². The van der Waals surface area contributed by atoms with Crippen LogP contribution in [-0.4, -0.2) is 16.9 Å². The maximum absolute atomic E-state index is 12.1. The summed E-state index contributed by atoms with van der Waals surface area (Å²) in [4.78, 5) is 16.3. The van der Waals surface area contributed by atoms with E-state index in [4.69, 9.17) is 5.73 Å². The number of aryl methyl sites for hydroxylation is 1. The monoisotopic (exact) mass is 281 g/mol. The summed E-state index contributed by atoms with van der Waals surface area (Å²) in [7, 11) is 0. The molecule has 1 aromatic heterocycles. The molecule has 0 saturated heterocycles. The molecular weight excluding hydrogens is 262 g/mol. The van der Waals surface area contributed by atoms with Gasteiger partial charge < -0.3 is 11.1 Å². The van der Waals surface area contributed by atoms with E-state index in [9.17, 15) is 4.79 Å². The van der Waals surface area contributed by atoms with Gasteiger partial charge in [-0.15, -0.1) is 0 Å². The number of nitrogens with zero attached hydrogens (tertiary/aromatic N) is 1. The van der Waals surface area contributed by atoms with Gasteiger partial charge in [0.15, 0.2) is 0 Å². The van der Waals surface area contributed by atoms with Crippen molar-refractivity contribution >= 4 is 11.6 Å². The molecule has 3 rings (SSSR count). The first kappa shape index (κ1) is 13.6. The number of anilines is 1. The van der Waals surface area contributed by atoms with E-state index in [0.29, 0.717) is 12.1 Å². The van der Waals surface area contributed by atoms with Gasteiger partial charge in [-0.3, -0.25) is 9.78 Å². The van der Waals surface area contributed by atoms with Crippen molar-refractivity contribution in [2.24, 2.45) is 0 Å². The summed E-state index contributed by atoms with van der Waals surface area (Å²) in [6, 6.07) is 12.2. The number of nitrogen functional groups attached to an aromatic ring is 1. The van der Waals surface area contributed by atoms with Crippen LogP contribution in [0, 0.1) is 0 Å². The number of benzene rings is 1. The minimum atomic E-state index is 0.0247. The second-order valence-corrected chi connectivity index (χ2v) is 5.54. The molecule has 1 amide bonds. The van der Waals surface area contributed by atoms with Crippen LogP contribution in [-0.2, 0) is 24.1 Å². The number of aromatic nitrogens is 1. The fourth-order valence-electron chi connectivity index (χ4n) is 2.80. The minimum Gasteiger partial charge on any atom is -0.397 e. The number of nitrogens with one attached hydrogen (secondary N) is 1. The summed E-state index contributed by atoms with van der Waals surface area (Å²) in [6.45, 7) is 0. The summed E-state index contributed by atoms with van der Waals surface area (Å²) in [5.41, 5.74) is 9.70. The first-order valence-electron chi connectivity index (χ1n) is 7.27. The molecule has 1 aliphatic rings. The zero-order chi connectivity index (χ0) is 14.7. The van der Waals surface area contributed by atoms with Gasteiger partial charge in [-0.05, 0) is 42.5 Å². The molecule has 1 aromatic carbocycles. The second-order valence-electron chi connectivity index (χ2n) is 5.54. The Hall–Kier alpha value is -2.36. The Morgan fingerprint density at radius 2 is 2.05 bits per heavy atom. The molecule has 2 aromatic rings. The normalized spacial score (nSPS) is 17.0. The Morgan fingerprint density at radius 1 is 1.24 bits per heavy atom. The van der Waals surface area contributed by atoms with Gasteiger partial charge in [0, 0.05) is 11.7 Å². The van der Waals surface area contributed by atoms with E-state index in [1.165, 1.54) is 11.1 Å². The number of rotatable bonds is 3. The highest BCUT2D eigenvalue weighted by Crippen LogP contribution is 2.21. The summed E-state index contributed by atoms with van der Waals surface area (Å²) >= 11 is 0. The lowest BCUT2D eigenvalue weighted by Crippen LogP contribution is -2.39. The van der Waals surface area contributed by atoms with Gasteiger partial charge in [0.05, 0.1) is 18.3 Å². The lowest BCUT2D eigenvalue weighted by molar-refractivity contribution is -0.121. The first-order valence-corrected chi connectivity index (χ1v) is 7.27. The molecule has 0 bridgehead atoms. The fraction of sp³-hybridized carbons (Fsp3) is 0.294. The Balaban J connectivity index is 1.57. The number of hydrogen-bond acceptors (Lipinski definition) is 3. The summed E-state index contributed by atoms with van der Waals surface area (Å²) in [5, 5.41) is 3.11. The maximum Gasteiger partial charge on any atom is 0.226 e. The Labute approximate surface area is 124 Å². The Kier molecular flexibility index (Phi) is 3.86. The van der Waals surface area contributed by atoms with Crippen LogP contribution < -0.4 is 11.1 Å². The van der Waals surface area contributed by atoms with Gasteiger partial charge in [-0.25, -0.2) is 0 Å². The van der Waals surface area contributed by atoms with E-state index in [0.717, 1.165) is 25.0 Å². The standard InChI is InChI=1S/C17H19N3O/c18-14-6-8-15(19-11-14)10-17(21)20-16-7-5-12-3-1-2-4-13(12)9-16/h1-4,6,8,11,16H,5,7,9-10,18H2,(H,20,21). The molecule has 1 atom stereocenters. The molecule has 0 fully saturated rings. The van der Waals surface area contributed by atoms with Crippen molar-refractivity contribution in [1.29, 1.82) is 0 Å². The molecule has 21 heavy (non-hydrogen) atoms.